The minimum Gasteiger partial charge on any atom is -0.348 e. The third kappa shape index (κ3) is 6.49. The van der Waals surface area contributed by atoms with E-state index in [4.69, 9.17) is 23.1 Å². The molecule has 0 bridgehead atoms. The molecule has 0 aliphatic carbocycles. The predicted octanol–water partition coefficient (Wildman–Crippen LogP) is 2.82. The summed E-state index contributed by atoms with van der Waals surface area (Å²) < 4.78 is 0. The highest BCUT2D eigenvalue weighted by molar-refractivity contribution is 6.31. The largest absolute Gasteiger partial charge is 0.348 e. The lowest BCUT2D eigenvalue weighted by Crippen LogP contribution is -2.43. The smallest absolute Gasteiger partial charge is 0.237 e. The fraction of sp³-hybridized carbons (Fsp3) is 0.348. The molecule has 0 fully saturated rings. The Hall–Kier alpha value is -2.54. The van der Waals surface area contributed by atoms with Gasteiger partial charge in [-0.1, -0.05) is 61.3 Å². The molecule has 5 N–H and O–H groups in total. The van der Waals surface area contributed by atoms with Crippen LogP contribution in [0.2, 0.25) is 5.02 Å². The summed E-state index contributed by atoms with van der Waals surface area (Å²) in [5.41, 5.74) is 12.7. The van der Waals surface area contributed by atoms with E-state index in [1.807, 2.05) is 6.07 Å². The summed E-state index contributed by atoms with van der Waals surface area (Å²) in [7, 11) is 0. The van der Waals surface area contributed by atoms with Crippen molar-refractivity contribution < 1.29 is 14.4 Å². The van der Waals surface area contributed by atoms with Crippen LogP contribution in [0.25, 0.3) is 0 Å². The lowest BCUT2D eigenvalue weighted by Gasteiger charge is -2.17. The van der Waals surface area contributed by atoms with E-state index in [0.717, 1.165) is 12.8 Å². The second kappa shape index (κ2) is 11.6. The molecule has 160 valence electrons. The van der Waals surface area contributed by atoms with Crippen LogP contribution < -0.4 is 16.8 Å². The zero-order chi connectivity index (χ0) is 22.1. The molecule has 2 aromatic rings. The molecule has 2 aromatic carbocycles. The number of unbranched alkanes of at least 4 members (excludes halogenated alkanes) is 1. The van der Waals surface area contributed by atoms with Gasteiger partial charge in [0.25, 0.3) is 0 Å². The van der Waals surface area contributed by atoms with Gasteiger partial charge in [-0.2, -0.15) is 0 Å². The van der Waals surface area contributed by atoms with Crippen LogP contribution in [0.1, 0.15) is 53.6 Å². The summed E-state index contributed by atoms with van der Waals surface area (Å²) in [4.78, 5) is 37.8. The average molecular weight is 430 g/mol. The van der Waals surface area contributed by atoms with Gasteiger partial charge < -0.3 is 16.8 Å². The lowest BCUT2D eigenvalue weighted by molar-refractivity contribution is -0.126. The third-order valence-corrected chi connectivity index (χ3v) is 5.22. The van der Waals surface area contributed by atoms with E-state index in [9.17, 15) is 14.4 Å². The molecule has 1 amide bonds. The Balaban J connectivity index is 2.09. The number of Topliss-reactive ketones (excluding diaryl/α,β-unsaturated/α-hetero) is 1. The number of hydrogen-bond donors (Lipinski definition) is 3. The SMILES string of the molecule is CC(C(=O)CNC(=O)[C@H](N)CCCCN)c1ccc(Cl)cc1C(=O)c1ccccc1. The molecule has 1 unspecified atom stereocenters. The highest BCUT2D eigenvalue weighted by atomic mass is 35.5. The van der Waals surface area contributed by atoms with Crippen molar-refractivity contribution >= 4 is 29.1 Å². The molecule has 0 aromatic heterocycles. The number of carbonyl (C=O) groups is 3. The van der Waals surface area contributed by atoms with Crippen LogP contribution in [0.3, 0.4) is 0 Å². The van der Waals surface area contributed by atoms with Gasteiger partial charge in [0, 0.05) is 22.1 Å². The highest BCUT2D eigenvalue weighted by Gasteiger charge is 2.23. The van der Waals surface area contributed by atoms with Gasteiger partial charge >= 0.3 is 0 Å². The molecular weight excluding hydrogens is 402 g/mol. The Morgan fingerprint density at radius 3 is 2.43 bits per heavy atom. The Morgan fingerprint density at radius 1 is 1.07 bits per heavy atom. The van der Waals surface area contributed by atoms with Gasteiger partial charge in [-0.05, 0) is 37.1 Å². The number of amides is 1. The van der Waals surface area contributed by atoms with Crippen LogP contribution >= 0.6 is 11.6 Å². The summed E-state index contributed by atoms with van der Waals surface area (Å²) in [6.45, 7) is 2.10. The predicted molar refractivity (Wildman–Crippen MR) is 119 cm³/mol. The molecule has 0 saturated heterocycles. The second-order valence-electron chi connectivity index (χ2n) is 7.22. The number of nitrogens with one attached hydrogen (secondary N) is 1. The molecule has 7 heteroatoms. The van der Waals surface area contributed by atoms with Crippen molar-refractivity contribution in [2.75, 3.05) is 13.1 Å². The summed E-state index contributed by atoms with van der Waals surface area (Å²) in [6.07, 6.45) is 2.07. The summed E-state index contributed by atoms with van der Waals surface area (Å²) >= 11 is 6.11. The molecule has 2 atom stereocenters. The second-order valence-corrected chi connectivity index (χ2v) is 7.66. The molecule has 0 aliphatic heterocycles. The van der Waals surface area contributed by atoms with E-state index in [1.54, 1.807) is 49.4 Å². The molecule has 0 radical (unpaired) electrons. The standard InChI is InChI=1S/C23H28ClN3O3/c1-15(21(28)14-27-23(30)20(26)9-5-6-12-25)18-11-10-17(24)13-19(18)22(29)16-7-3-2-4-8-16/h2-4,7-8,10-11,13,15,20H,5-6,9,12,14,25-26H2,1H3,(H,27,30)/t15?,20-/m1/s1. The number of benzene rings is 2. The van der Waals surface area contributed by atoms with E-state index >= 15 is 0 Å². The van der Waals surface area contributed by atoms with Crippen LogP contribution in [-0.4, -0.2) is 36.6 Å². The first-order chi connectivity index (χ1) is 14.3. The molecule has 6 nitrogen and oxygen atoms in total. The molecule has 0 spiro atoms. The normalized spacial score (nSPS) is 12.8. The number of carbonyl (C=O) groups excluding carboxylic acids is 3. The number of halogens is 1. The van der Waals surface area contributed by atoms with Gasteiger partial charge in [0.1, 0.15) is 0 Å². The molecule has 0 heterocycles. The molecular formula is C23H28ClN3O3. The van der Waals surface area contributed by atoms with Crippen LogP contribution in [0.4, 0.5) is 0 Å². The summed E-state index contributed by atoms with van der Waals surface area (Å²) in [5, 5.41) is 3.01. The van der Waals surface area contributed by atoms with E-state index in [-0.39, 0.29) is 24.0 Å². The number of ketones is 2. The third-order valence-electron chi connectivity index (χ3n) is 4.99. The van der Waals surface area contributed by atoms with Gasteiger partial charge in [0.15, 0.2) is 11.6 Å². The first-order valence-corrected chi connectivity index (χ1v) is 10.4. The Kier molecular flexibility index (Phi) is 9.17. The number of rotatable bonds is 11. The number of hydrogen-bond acceptors (Lipinski definition) is 5. The van der Waals surface area contributed by atoms with Gasteiger partial charge in [-0.25, -0.2) is 0 Å². The summed E-state index contributed by atoms with van der Waals surface area (Å²) in [5.74, 6) is -1.40. The van der Waals surface area contributed by atoms with Crippen LogP contribution in [0.15, 0.2) is 48.5 Å². The Bertz CT molecular complexity index is 887. The molecule has 2 rings (SSSR count). The maximum Gasteiger partial charge on any atom is 0.237 e. The van der Waals surface area contributed by atoms with Gasteiger partial charge in [0.2, 0.25) is 5.91 Å². The van der Waals surface area contributed by atoms with Crippen molar-refractivity contribution in [3.05, 3.63) is 70.2 Å². The van der Waals surface area contributed by atoms with E-state index < -0.39 is 12.0 Å². The zero-order valence-corrected chi connectivity index (χ0v) is 17.8. The lowest BCUT2D eigenvalue weighted by atomic mass is 9.88. The monoisotopic (exact) mass is 429 g/mol. The van der Waals surface area contributed by atoms with E-state index in [1.165, 1.54) is 0 Å². The van der Waals surface area contributed by atoms with Crippen molar-refractivity contribution in [3.8, 4) is 0 Å². The fourth-order valence-electron chi connectivity index (χ4n) is 3.12. The van der Waals surface area contributed by atoms with Gasteiger partial charge in [0.05, 0.1) is 12.6 Å². The maximum atomic E-state index is 13.0. The average Bonchev–Trinajstić information content (AvgIpc) is 2.76. The zero-order valence-electron chi connectivity index (χ0n) is 17.1. The maximum absolute atomic E-state index is 13.0. The summed E-state index contributed by atoms with van der Waals surface area (Å²) in [6, 6.07) is 13.0. The van der Waals surface area contributed by atoms with Crippen LogP contribution in [-0.2, 0) is 9.59 Å². The minimum atomic E-state index is -0.676. The van der Waals surface area contributed by atoms with Crippen LogP contribution in [0.5, 0.6) is 0 Å². The number of nitrogens with two attached hydrogens (primary N) is 2. The Labute approximate surface area is 182 Å². The molecule has 30 heavy (non-hydrogen) atoms. The minimum absolute atomic E-state index is 0.161. The van der Waals surface area contributed by atoms with Crippen molar-refractivity contribution in [1.82, 2.24) is 5.32 Å². The van der Waals surface area contributed by atoms with Crippen LogP contribution in [0, 0.1) is 0 Å². The van der Waals surface area contributed by atoms with Crippen molar-refractivity contribution in [2.45, 2.75) is 38.1 Å². The van der Waals surface area contributed by atoms with E-state index in [0.29, 0.717) is 34.7 Å². The first-order valence-electron chi connectivity index (χ1n) is 10.0. The van der Waals surface area contributed by atoms with Gasteiger partial charge in [-0.3, -0.25) is 14.4 Å². The molecule has 0 aliphatic rings. The topological polar surface area (TPSA) is 115 Å². The van der Waals surface area contributed by atoms with Crippen molar-refractivity contribution in [2.24, 2.45) is 11.5 Å². The molecule has 0 saturated carbocycles. The van der Waals surface area contributed by atoms with Crippen molar-refractivity contribution in [3.63, 3.8) is 0 Å². The fourth-order valence-corrected chi connectivity index (χ4v) is 3.29. The van der Waals surface area contributed by atoms with Gasteiger partial charge in [-0.15, -0.1) is 0 Å². The van der Waals surface area contributed by atoms with Crippen molar-refractivity contribution in [1.29, 1.82) is 0 Å². The highest BCUT2D eigenvalue weighted by Crippen LogP contribution is 2.26. The first kappa shape index (κ1) is 23.7. The Morgan fingerprint density at radius 2 is 1.77 bits per heavy atom. The van der Waals surface area contributed by atoms with E-state index in [2.05, 4.69) is 5.32 Å². The quantitative estimate of drug-likeness (QED) is 0.375.